The molecule has 0 unspecified atom stereocenters. The van der Waals surface area contributed by atoms with Crippen LogP contribution in [0.5, 0.6) is 5.75 Å². The van der Waals surface area contributed by atoms with Gasteiger partial charge in [0.05, 0.1) is 31.7 Å². The largest absolute Gasteiger partial charge is 0.491 e. The summed E-state index contributed by atoms with van der Waals surface area (Å²) in [4.78, 5) is 55.6. The van der Waals surface area contributed by atoms with Gasteiger partial charge in [-0.2, -0.15) is 0 Å². The fourth-order valence-corrected chi connectivity index (χ4v) is 5.35. The van der Waals surface area contributed by atoms with E-state index in [0.29, 0.717) is 19.0 Å². The Morgan fingerprint density at radius 2 is 1.58 bits per heavy atom. The molecule has 5 rings (SSSR count). The average molecular weight is 614 g/mol. The SMILES string of the molecule is O=C1C[C@@H](C(=O)NCc2cccc(CN3CCOCC3)c2)NC(=O)c2ccccc2OCCNC(=O)[C@H](Cc2ccccc2)N1. The highest BCUT2D eigenvalue weighted by Crippen LogP contribution is 2.18. The van der Waals surface area contributed by atoms with Crippen molar-refractivity contribution < 1.29 is 28.7 Å². The number of amides is 4. The van der Waals surface area contributed by atoms with Crippen LogP contribution in [0.2, 0.25) is 0 Å². The maximum Gasteiger partial charge on any atom is 0.255 e. The molecule has 0 aliphatic carbocycles. The van der Waals surface area contributed by atoms with Crippen LogP contribution in [0.25, 0.3) is 0 Å². The molecule has 4 amide bonds. The van der Waals surface area contributed by atoms with Crippen LogP contribution in [0.15, 0.2) is 78.9 Å². The lowest BCUT2D eigenvalue weighted by atomic mass is 10.0. The third-order valence-electron chi connectivity index (χ3n) is 7.70. The zero-order chi connectivity index (χ0) is 31.4. The highest BCUT2D eigenvalue weighted by Gasteiger charge is 2.29. The molecule has 2 heterocycles. The molecular formula is C34H39N5O6. The summed E-state index contributed by atoms with van der Waals surface area (Å²) in [6.07, 6.45) is -0.109. The van der Waals surface area contributed by atoms with Crippen LogP contribution in [0.4, 0.5) is 0 Å². The van der Waals surface area contributed by atoms with Crippen LogP contribution in [0.3, 0.4) is 0 Å². The predicted octanol–water partition coefficient (Wildman–Crippen LogP) is 1.56. The number of para-hydroxylation sites is 1. The molecule has 45 heavy (non-hydrogen) atoms. The average Bonchev–Trinajstić information content (AvgIpc) is 3.06. The number of carbonyl (C=O) groups is 4. The molecule has 1 fully saturated rings. The number of carbonyl (C=O) groups excluding carboxylic acids is 4. The van der Waals surface area contributed by atoms with E-state index in [2.05, 4.69) is 26.2 Å². The molecule has 0 saturated carbocycles. The number of hydrogen-bond acceptors (Lipinski definition) is 7. The van der Waals surface area contributed by atoms with Gasteiger partial charge in [0.1, 0.15) is 24.4 Å². The van der Waals surface area contributed by atoms with E-state index in [1.54, 1.807) is 24.3 Å². The maximum absolute atomic E-state index is 13.5. The fourth-order valence-electron chi connectivity index (χ4n) is 5.35. The molecule has 11 nitrogen and oxygen atoms in total. The molecule has 0 aromatic heterocycles. The molecule has 2 aliphatic rings. The Bertz CT molecular complexity index is 1480. The Kier molecular flexibility index (Phi) is 11.1. The third kappa shape index (κ3) is 9.37. The van der Waals surface area contributed by atoms with E-state index in [1.165, 1.54) is 0 Å². The third-order valence-corrected chi connectivity index (χ3v) is 7.70. The van der Waals surface area contributed by atoms with E-state index in [-0.39, 0.29) is 44.0 Å². The van der Waals surface area contributed by atoms with Crippen LogP contribution < -0.4 is 26.0 Å². The first kappa shape index (κ1) is 31.7. The van der Waals surface area contributed by atoms with Gasteiger partial charge in [0.15, 0.2) is 0 Å². The first-order chi connectivity index (χ1) is 21.9. The molecule has 1 saturated heterocycles. The van der Waals surface area contributed by atoms with Crippen molar-refractivity contribution in [3.63, 3.8) is 0 Å². The Morgan fingerprint density at radius 3 is 2.40 bits per heavy atom. The van der Waals surface area contributed by atoms with Gasteiger partial charge in [-0.15, -0.1) is 0 Å². The molecule has 2 aliphatic heterocycles. The van der Waals surface area contributed by atoms with Crippen LogP contribution in [-0.2, 0) is 38.6 Å². The number of fused-ring (bicyclic) bond motifs is 1. The standard InChI is InChI=1S/C34H39N5O6/c40-31-21-29(34(43)36-22-25-9-6-10-26(19-25)23-39-14-17-44-18-15-39)38-32(41)27-11-4-5-12-30(27)45-16-13-35-33(42)28(37-31)20-24-7-2-1-3-8-24/h1-12,19,28-29H,13-18,20-23H2,(H,35,42)(H,36,43)(H,37,40)(H,38,41)/t28-,29-/m0/s1. The van der Waals surface area contributed by atoms with Gasteiger partial charge in [0.25, 0.3) is 5.91 Å². The molecule has 236 valence electrons. The van der Waals surface area contributed by atoms with Crippen molar-refractivity contribution in [2.24, 2.45) is 0 Å². The summed E-state index contributed by atoms with van der Waals surface area (Å²) in [5.74, 6) is -1.67. The minimum Gasteiger partial charge on any atom is -0.491 e. The van der Waals surface area contributed by atoms with Crippen LogP contribution >= 0.6 is 0 Å². The maximum atomic E-state index is 13.5. The minimum absolute atomic E-state index is 0.108. The van der Waals surface area contributed by atoms with E-state index in [9.17, 15) is 19.2 Å². The van der Waals surface area contributed by atoms with Crippen molar-refractivity contribution in [2.45, 2.75) is 38.0 Å². The second-order valence-corrected chi connectivity index (χ2v) is 11.1. The highest BCUT2D eigenvalue weighted by molar-refractivity contribution is 6.01. The van der Waals surface area contributed by atoms with Crippen molar-refractivity contribution >= 4 is 23.6 Å². The zero-order valence-electron chi connectivity index (χ0n) is 25.1. The van der Waals surface area contributed by atoms with Gasteiger partial charge >= 0.3 is 0 Å². The predicted molar refractivity (Wildman–Crippen MR) is 167 cm³/mol. The van der Waals surface area contributed by atoms with Gasteiger partial charge in [-0.3, -0.25) is 24.1 Å². The molecular weight excluding hydrogens is 574 g/mol. The van der Waals surface area contributed by atoms with E-state index in [4.69, 9.17) is 9.47 Å². The Labute approximate surface area is 262 Å². The molecule has 3 aromatic carbocycles. The molecule has 2 atom stereocenters. The quantitative estimate of drug-likeness (QED) is 0.317. The van der Waals surface area contributed by atoms with Crippen LogP contribution in [0, 0.1) is 0 Å². The normalized spacial score (nSPS) is 20.0. The second-order valence-electron chi connectivity index (χ2n) is 11.1. The highest BCUT2D eigenvalue weighted by atomic mass is 16.5. The van der Waals surface area contributed by atoms with Gasteiger partial charge in [0.2, 0.25) is 17.7 Å². The van der Waals surface area contributed by atoms with Crippen molar-refractivity contribution in [3.05, 3.63) is 101 Å². The summed E-state index contributed by atoms with van der Waals surface area (Å²) in [7, 11) is 0. The minimum atomic E-state index is -1.20. The Balaban J connectivity index is 1.31. The van der Waals surface area contributed by atoms with E-state index in [1.807, 2.05) is 54.6 Å². The topological polar surface area (TPSA) is 138 Å². The van der Waals surface area contributed by atoms with Gasteiger partial charge < -0.3 is 30.7 Å². The summed E-state index contributed by atoms with van der Waals surface area (Å²) >= 11 is 0. The number of rotatable bonds is 7. The Morgan fingerprint density at radius 1 is 0.844 bits per heavy atom. The zero-order valence-corrected chi connectivity index (χ0v) is 25.1. The lowest BCUT2D eigenvalue weighted by Crippen LogP contribution is -2.53. The molecule has 0 bridgehead atoms. The number of hydrogen-bond donors (Lipinski definition) is 4. The number of benzene rings is 3. The second kappa shape index (κ2) is 15.8. The first-order valence-electron chi connectivity index (χ1n) is 15.2. The summed E-state index contributed by atoms with van der Waals surface area (Å²) in [5.41, 5.74) is 3.09. The monoisotopic (exact) mass is 613 g/mol. The van der Waals surface area contributed by atoms with Crippen LogP contribution in [0.1, 0.15) is 33.5 Å². The molecule has 4 N–H and O–H groups in total. The summed E-state index contributed by atoms with van der Waals surface area (Å²) in [6, 6.07) is 21.8. The summed E-state index contributed by atoms with van der Waals surface area (Å²) in [5, 5.41) is 11.2. The van der Waals surface area contributed by atoms with Crippen molar-refractivity contribution in [1.29, 1.82) is 0 Å². The smallest absolute Gasteiger partial charge is 0.255 e. The number of nitrogens with one attached hydrogen (secondary N) is 4. The molecule has 3 aromatic rings. The molecule has 11 heteroatoms. The lowest BCUT2D eigenvalue weighted by molar-refractivity contribution is -0.131. The fraction of sp³-hybridized carbons (Fsp3) is 0.353. The van der Waals surface area contributed by atoms with Gasteiger partial charge in [0, 0.05) is 32.6 Å². The van der Waals surface area contributed by atoms with Gasteiger partial charge in [-0.1, -0.05) is 66.7 Å². The molecule has 0 spiro atoms. The van der Waals surface area contributed by atoms with E-state index < -0.39 is 29.8 Å². The number of nitrogens with zero attached hydrogens (tertiary/aromatic N) is 1. The van der Waals surface area contributed by atoms with Gasteiger partial charge in [-0.25, -0.2) is 0 Å². The van der Waals surface area contributed by atoms with Gasteiger partial charge in [-0.05, 0) is 28.8 Å². The summed E-state index contributed by atoms with van der Waals surface area (Å²) in [6.45, 7) is 4.44. The van der Waals surface area contributed by atoms with Crippen molar-refractivity contribution in [3.8, 4) is 5.75 Å². The van der Waals surface area contributed by atoms with Crippen LogP contribution in [-0.4, -0.2) is 80.1 Å². The van der Waals surface area contributed by atoms with Crippen molar-refractivity contribution in [1.82, 2.24) is 26.2 Å². The first-order valence-corrected chi connectivity index (χ1v) is 15.2. The summed E-state index contributed by atoms with van der Waals surface area (Å²) < 4.78 is 11.3. The number of morpholine rings is 1. The Hall–Kier alpha value is -4.74. The lowest BCUT2D eigenvalue weighted by Gasteiger charge is -2.26. The van der Waals surface area contributed by atoms with Crippen molar-refractivity contribution in [2.75, 3.05) is 39.5 Å². The van der Waals surface area contributed by atoms with E-state index in [0.717, 1.165) is 36.3 Å². The molecule has 0 radical (unpaired) electrons. The van der Waals surface area contributed by atoms with E-state index >= 15 is 0 Å². The number of ether oxygens (including phenoxy) is 2.